The van der Waals surface area contributed by atoms with E-state index in [2.05, 4.69) is 26.7 Å². The van der Waals surface area contributed by atoms with E-state index in [1.54, 1.807) is 17.5 Å². The van der Waals surface area contributed by atoms with Crippen LogP contribution < -0.4 is 20.5 Å². The van der Waals surface area contributed by atoms with Gasteiger partial charge >= 0.3 is 0 Å². The van der Waals surface area contributed by atoms with Crippen LogP contribution in [0.1, 0.15) is 17.4 Å². The number of benzene rings is 1. The highest BCUT2D eigenvalue weighted by Crippen LogP contribution is 2.23. The average Bonchev–Trinajstić information content (AvgIpc) is 3.22. The Bertz CT molecular complexity index is 886. The smallest absolute Gasteiger partial charge is 0.219 e. The van der Waals surface area contributed by atoms with Gasteiger partial charge in [0.25, 0.3) is 0 Å². The Morgan fingerprint density at radius 3 is 2.69 bits per heavy atom. The first-order valence-corrected chi connectivity index (χ1v) is 10.0. The quantitative estimate of drug-likeness (QED) is 0.243. The van der Waals surface area contributed by atoms with Crippen molar-refractivity contribution >= 4 is 41.3 Å². The molecule has 29 heavy (non-hydrogen) atoms. The van der Waals surface area contributed by atoms with Crippen molar-refractivity contribution < 1.29 is 9.47 Å². The standard InChI is InChI=1S/C21H24N4O2S.HI/c1-2-26-17-5-7-18(8-6-17)27-20-14-16(9-11-23-20)15-25-21(22)24-12-10-19-4-3-13-28-19;/h3-9,11,13-14H,2,10,12,15H2,1H3,(H3,22,24,25);1H. The first kappa shape index (κ1) is 23.0. The normalized spacial score (nSPS) is 10.9. The third-order valence-corrected chi connectivity index (χ3v) is 4.78. The summed E-state index contributed by atoms with van der Waals surface area (Å²) in [6, 6.07) is 15.4. The third kappa shape index (κ3) is 7.90. The highest BCUT2D eigenvalue weighted by atomic mass is 127. The maximum Gasteiger partial charge on any atom is 0.219 e. The molecule has 0 atom stereocenters. The largest absolute Gasteiger partial charge is 0.494 e. The van der Waals surface area contributed by atoms with E-state index in [0.717, 1.165) is 24.3 Å². The highest BCUT2D eigenvalue weighted by molar-refractivity contribution is 14.0. The van der Waals surface area contributed by atoms with Crippen molar-refractivity contribution in [3.05, 3.63) is 70.5 Å². The number of ether oxygens (including phenoxy) is 2. The molecule has 6 nitrogen and oxygen atoms in total. The number of rotatable bonds is 9. The summed E-state index contributed by atoms with van der Waals surface area (Å²) in [5, 5.41) is 5.21. The summed E-state index contributed by atoms with van der Waals surface area (Å²) in [4.78, 5) is 9.96. The molecule has 0 bridgehead atoms. The minimum absolute atomic E-state index is 0. The Hall–Kier alpha value is -2.33. The number of hydrogen-bond donors (Lipinski definition) is 2. The van der Waals surface area contributed by atoms with Gasteiger partial charge in [0.15, 0.2) is 5.96 Å². The van der Waals surface area contributed by atoms with Crippen LogP contribution in [0.15, 0.2) is 65.1 Å². The van der Waals surface area contributed by atoms with Crippen LogP contribution in [-0.2, 0) is 13.0 Å². The molecule has 0 unspecified atom stereocenters. The number of halogens is 1. The van der Waals surface area contributed by atoms with E-state index < -0.39 is 0 Å². The van der Waals surface area contributed by atoms with Gasteiger partial charge in [0, 0.05) is 23.7 Å². The SMILES string of the molecule is CCOc1ccc(Oc2cc(CN=C(N)NCCc3cccs3)ccn2)cc1.I. The molecule has 3 N–H and O–H groups in total. The molecule has 2 heterocycles. The van der Waals surface area contributed by atoms with Gasteiger partial charge in [0.1, 0.15) is 11.5 Å². The maximum absolute atomic E-state index is 5.94. The molecule has 0 aliphatic rings. The first-order valence-electron chi connectivity index (χ1n) is 9.15. The summed E-state index contributed by atoms with van der Waals surface area (Å²) in [6.45, 7) is 3.81. The lowest BCUT2D eigenvalue weighted by Crippen LogP contribution is -2.33. The van der Waals surface area contributed by atoms with Gasteiger partial charge in [-0.05, 0) is 60.7 Å². The fraction of sp³-hybridized carbons (Fsp3) is 0.238. The molecule has 0 spiro atoms. The van der Waals surface area contributed by atoms with Crippen molar-refractivity contribution in [2.45, 2.75) is 19.9 Å². The van der Waals surface area contributed by atoms with Crippen molar-refractivity contribution in [2.75, 3.05) is 13.2 Å². The molecular weight excluding hydrogens is 499 g/mol. The zero-order valence-corrected chi connectivity index (χ0v) is 19.4. The van der Waals surface area contributed by atoms with Crippen LogP contribution in [0.2, 0.25) is 0 Å². The van der Waals surface area contributed by atoms with Crippen LogP contribution in [0.4, 0.5) is 0 Å². The third-order valence-electron chi connectivity index (χ3n) is 3.85. The molecule has 2 aromatic heterocycles. The van der Waals surface area contributed by atoms with Gasteiger partial charge < -0.3 is 20.5 Å². The molecule has 0 saturated carbocycles. The minimum Gasteiger partial charge on any atom is -0.494 e. The lowest BCUT2D eigenvalue weighted by molar-refractivity contribution is 0.339. The molecule has 3 rings (SSSR count). The van der Waals surface area contributed by atoms with Crippen molar-refractivity contribution in [3.8, 4) is 17.4 Å². The fourth-order valence-corrected chi connectivity index (χ4v) is 3.21. The van der Waals surface area contributed by atoms with Crippen LogP contribution >= 0.6 is 35.3 Å². The number of aromatic nitrogens is 1. The molecule has 1 aromatic carbocycles. The summed E-state index contributed by atoms with van der Waals surface area (Å²) < 4.78 is 11.2. The van der Waals surface area contributed by atoms with E-state index in [9.17, 15) is 0 Å². The van der Waals surface area contributed by atoms with E-state index in [-0.39, 0.29) is 24.0 Å². The van der Waals surface area contributed by atoms with Crippen LogP contribution in [0.3, 0.4) is 0 Å². The Balaban J connectivity index is 0.00000300. The van der Waals surface area contributed by atoms with Crippen LogP contribution in [0.25, 0.3) is 0 Å². The van der Waals surface area contributed by atoms with Crippen molar-refractivity contribution in [3.63, 3.8) is 0 Å². The molecule has 154 valence electrons. The first-order chi connectivity index (χ1) is 13.7. The zero-order valence-electron chi connectivity index (χ0n) is 16.2. The number of nitrogens with zero attached hydrogens (tertiary/aromatic N) is 2. The molecule has 0 aliphatic heterocycles. The van der Waals surface area contributed by atoms with Crippen molar-refractivity contribution in [1.82, 2.24) is 10.3 Å². The summed E-state index contributed by atoms with van der Waals surface area (Å²) in [7, 11) is 0. The molecule has 0 fully saturated rings. The number of hydrogen-bond acceptors (Lipinski definition) is 5. The summed E-state index contributed by atoms with van der Waals surface area (Å²) >= 11 is 1.74. The van der Waals surface area contributed by atoms with Crippen LogP contribution in [-0.4, -0.2) is 24.1 Å². The Labute approximate surface area is 192 Å². The van der Waals surface area contributed by atoms with Gasteiger partial charge in [0.2, 0.25) is 5.88 Å². The maximum atomic E-state index is 5.94. The highest BCUT2D eigenvalue weighted by Gasteiger charge is 2.02. The molecule has 0 saturated heterocycles. The molecule has 0 aliphatic carbocycles. The predicted molar refractivity (Wildman–Crippen MR) is 129 cm³/mol. The monoisotopic (exact) mass is 524 g/mol. The Morgan fingerprint density at radius 2 is 1.97 bits per heavy atom. The fourth-order valence-electron chi connectivity index (χ4n) is 2.50. The van der Waals surface area contributed by atoms with E-state index in [1.165, 1.54) is 4.88 Å². The number of pyridine rings is 1. The van der Waals surface area contributed by atoms with Gasteiger partial charge in [-0.15, -0.1) is 35.3 Å². The number of guanidine groups is 1. The zero-order chi connectivity index (χ0) is 19.6. The lowest BCUT2D eigenvalue weighted by Gasteiger charge is -2.08. The van der Waals surface area contributed by atoms with Gasteiger partial charge in [-0.3, -0.25) is 0 Å². The van der Waals surface area contributed by atoms with Crippen LogP contribution in [0, 0.1) is 0 Å². The molecule has 3 aromatic rings. The van der Waals surface area contributed by atoms with Crippen LogP contribution in [0.5, 0.6) is 17.4 Å². The number of nitrogens with two attached hydrogens (primary N) is 1. The minimum atomic E-state index is 0. The Morgan fingerprint density at radius 1 is 1.17 bits per heavy atom. The number of nitrogens with one attached hydrogen (secondary N) is 1. The lowest BCUT2D eigenvalue weighted by atomic mass is 10.2. The van der Waals surface area contributed by atoms with Gasteiger partial charge in [-0.2, -0.15) is 0 Å². The van der Waals surface area contributed by atoms with Crippen molar-refractivity contribution in [1.29, 1.82) is 0 Å². The number of thiophene rings is 1. The molecule has 0 radical (unpaired) electrons. The summed E-state index contributed by atoms with van der Waals surface area (Å²) in [6.07, 6.45) is 2.64. The second kappa shape index (κ2) is 12.3. The van der Waals surface area contributed by atoms with Gasteiger partial charge in [-0.25, -0.2) is 9.98 Å². The van der Waals surface area contributed by atoms with E-state index in [1.807, 2.05) is 49.4 Å². The predicted octanol–water partition coefficient (Wildman–Crippen LogP) is 4.60. The summed E-state index contributed by atoms with van der Waals surface area (Å²) in [5.74, 6) is 2.46. The average molecular weight is 524 g/mol. The van der Waals surface area contributed by atoms with E-state index >= 15 is 0 Å². The number of aliphatic imine (C=N–C) groups is 1. The van der Waals surface area contributed by atoms with E-state index in [0.29, 0.717) is 30.7 Å². The second-order valence-corrected chi connectivity index (χ2v) is 7.00. The molecule has 0 amide bonds. The van der Waals surface area contributed by atoms with Crippen molar-refractivity contribution in [2.24, 2.45) is 10.7 Å². The van der Waals surface area contributed by atoms with Gasteiger partial charge in [0.05, 0.1) is 13.2 Å². The van der Waals surface area contributed by atoms with Gasteiger partial charge in [-0.1, -0.05) is 6.07 Å². The van der Waals surface area contributed by atoms with E-state index in [4.69, 9.17) is 15.2 Å². The Kier molecular flexibility index (Phi) is 9.72. The molecule has 8 heteroatoms. The topological polar surface area (TPSA) is 81.8 Å². The second-order valence-electron chi connectivity index (χ2n) is 5.97. The summed E-state index contributed by atoms with van der Waals surface area (Å²) in [5.41, 5.74) is 6.92. The molecular formula is C21H25IN4O2S.